The summed E-state index contributed by atoms with van der Waals surface area (Å²) in [4.78, 5) is 80.8. The van der Waals surface area contributed by atoms with E-state index in [2.05, 4.69) is 56.5 Å². The predicted molar refractivity (Wildman–Crippen MR) is 209 cm³/mol. The Kier molecular flexibility index (Phi) is 15.8. The lowest BCUT2D eigenvalue weighted by Gasteiger charge is -2.18. The number of carboxylic acids is 1. The summed E-state index contributed by atoms with van der Waals surface area (Å²) in [6.07, 6.45) is 3.53. The summed E-state index contributed by atoms with van der Waals surface area (Å²) < 4.78 is 0. The molecule has 2 aromatic carbocycles. The van der Waals surface area contributed by atoms with Crippen molar-refractivity contribution < 1.29 is 34.2 Å². The number of unbranched alkanes of at least 4 members (excludes halogenated alkanes) is 1. The van der Waals surface area contributed by atoms with Crippen molar-refractivity contribution in [2.45, 2.75) is 83.5 Å². The van der Waals surface area contributed by atoms with Gasteiger partial charge in [0.15, 0.2) is 11.2 Å². The molecular weight excluding hydrogens is 738 g/mol. The number of fused-ring (bicyclic) bond motifs is 1. The number of nitrogens with one attached hydrogen (secondary N) is 5. The summed E-state index contributed by atoms with van der Waals surface area (Å²) in [6.45, 7) is 4.26. The first kappa shape index (κ1) is 42.7. The molecule has 0 fully saturated rings. The van der Waals surface area contributed by atoms with E-state index >= 15 is 0 Å². The normalized spacial score (nSPS) is 12.3. The van der Waals surface area contributed by atoms with Crippen molar-refractivity contribution in [3.63, 3.8) is 0 Å². The second-order valence-corrected chi connectivity index (χ2v) is 13.2. The summed E-state index contributed by atoms with van der Waals surface area (Å²) in [6, 6.07) is 11.1. The van der Waals surface area contributed by atoms with Crippen LogP contribution in [0, 0.1) is 0 Å². The van der Waals surface area contributed by atoms with Crippen LogP contribution in [0.5, 0.6) is 5.88 Å². The summed E-state index contributed by atoms with van der Waals surface area (Å²) in [5.74, 6) is -3.22. The number of anilines is 2. The number of benzene rings is 2. The van der Waals surface area contributed by atoms with E-state index < -0.39 is 24.0 Å². The highest BCUT2D eigenvalue weighted by molar-refractivity contribution is 5.95. The zero-order chi connectivity index (χ0) is 41.3. The molecule has 0 bridgehead atoms. The molecule has 0 spiro atoms. The molecule has 0 aliphatic rings. The van der Waals surface area contributed by atoms with Crippen LogP contribution in [-0.2, 0) is 20.9 Å². The van der Waals surface area contributed by atoms with Crippen molar-refractivity contribution in [1.82, 2.24) is 41.2 Å². The first-order valence-electron chi connectivity index (χ1n) is 18.2. The second-order valence-electron chi connectivity index (χ2n) is 13.2. The molecule has 4 amide bonds. The molecular formula is C37H45N13O7. The van der Waals surface area contributed by atoms with Crippen LogP contribution in [0.25, 0.3) is 21.6 Å². The lowest BCUT2D eigenvalue weighted by atomic mass is 10.1. The van der Waals surface area contributed by atoms with Gasteiger partial charge in [-0.1, -0.05) is 17.2 Å². The predicted octanol–water partition coefficient (Wildman–Crippen LogP) is 3.61. The minimum absolute atomic E-state index is 0.0452. The number of nitrogen functional groups attached to an aromatic ring is 1. The highest BCUT2D eigenvalue weighted by Gasteiger charge is 2.22. The van der Waals surface area contributed by atoms with E-state index in [-0.39, 0.29) is 79.0 Å². The number of rotatable bonds is 21. The average Bonchev–Trinajstić information content (AvgIpc) is 3.18. The molecule has 300 valence electrons. The highest BCUT2D eigenvalue weighted by atomic mass is 16.4. The first-order valence-corrected chi connectivity index (χ1v) is 18.2. The topological polar surface area (TPSA) is 312 Å². The molecule has 9 N–H and O–H groups in total. The maximum absolute atomic E-state index is 12.8. The van der Waals surface area contributed by atoms with Crippen LogP contribution in [0.3, 0.4) is 0 Å². The van der Waals surface area contributed by atoms with Gasteiger partial charge in [0, 0.05) is 58.9 Å². The van der Waals surface area contributed by atoms with Gasteiger partial charge in [0.05, 0.1) is 18.4 Å². The van der Waals surface area contributed by atoms with E-state index in [9.17, 15) is 34.2 Å². The van der Waals surface area contributed by atoms with Crippen molar-refractivity contribution in [3.05, 3.63) is 82.0 Å². The van der Waals surface area contributed by atoms with Crippen LogP contribution in [0.1, 0.15) is 85.2 Å². The largest absolute Gasteiger partial charge is 0.492 e. The average molecular weight is 784 g/mol. The van der Waals surface area contributed by atoms with Crippen molar-refractivity contribution in [3.8, 4) is 5.88 Å². The van der Waals surface area contributed by atoms with Gasteiger partial charge in [-0.25, -0.2) is 14.8 Å². The number of aromatic hydroxyl groups is 1. The number of nitrogens with zero attached hydrogens (tertiary/aromatic N) is 7. The molecule has 0 radical (unpaired) electrons. The van der Waals surface area contributed by atoms with Gasteiger partial charge in [-0.15, -0.1) is 0 Å². The molecule has 3 atom stereocenters. The van der Waals surface area contributed by atoms with Crippen LogP contribution >= 0.6 is 0 Å². The van der Waals surface area contributed by atoms with E-state index in [0.717, 1.165) is 6.42 Å². The van der Waals surface area contributed by atoms with E-state index in [1.807, 2.05) is 6.92 Å². The Hall–Kier alpha value is -7.08. The minimum atomic E-state index is -1.26. The molecule has 4 aromatic rings. The fourth-order valence-corrected chi connectivity index (χ4v) is 5.52. The summed E-state index contributed by atoms with van der Waals surface area (Å²) in [5.41, 5.74) is 16.7. The quantitative estimate of drug-likeness (QED) is 0.0259. The smallest absolute Gasteiger partial charge is 0.326 e. The van der Waals surface area contributed by atoms with Gasteiger partial charge in [-0.3, -0.25) is 19.2 Å². The van der Waals surface area contributed by atoms with Gasteiger partial charge in [-0.2, -0.15) is 9.97 Å². The number of amides is 4. The first-order chi connectivity index (χ1) is 27.3. The van der Waals surface area contributed by atoms with Gasteiger partial charge in [-0.05, 0) is 87.9 Å². The number of carboxylic acid groups (broad SMARTS) is 1. The Bertz CT molecular complexity index is 2090. The van der Waals surface area contributed by atoms with Crippen LogP contribution in [-0.4, -0.2) is 84.4 Å². The number of azide groups is 1. The Morgan fingerprint density at radius 2 is 1.47 bits per heavy atom. The van der Waals surface area contributed by atoms with Crippen LogP contribution in [0.4, 0.5) is 17.3 Å². The van der Waals surface area contributed by atoms with Crippen LogP contribution < -0.4 is 32.3 Å². The fourth-order valence-electron chi connectivity index (χ4n) is 5.52. The molecule has 20 nitrogen and oxygen atoms in total. The number of hydrogen-bond acceptors (Lipinski definition) is 13. The zero-order valence-corrected chi connectivity index (χ0v) is 31.4. The fraction of sp³-hybridized carbons (Fsp3) is 0.378. The van der Waals surface area contributed by atoms with Gasteiger partial charge < -0.3 is 42.5 Å². The minimum Gasteiger partial charge on any atom is -0.492 e. The second kappa shape index (κ2) is 21.1. The summed E-state index contributed by atoms with van der Waals surface area (Å²) in [5, 5.41) is 37.2. The molecule has 0 saturated carbocycles. The highest BCUT2D eigenvalue weighted by Crippen LogP contribution is 2.19. The van der Waals surface area contributed by atoms with Crippen LogP contribution in [0.15, 0.2) is 59.8 Å². The summed E-state index contributed by atoms with van der Waals surface area (Å²) >= 11 is 0. The number of carbonyl (C=O) groups excluding carboxylic acids is 4. The third-order valence-electron chi connectivity index (χ3n) is 8.60. The van der Waals surface area contributed by atoms with Crippen molar-refractivity contribution in [2.75, 3.05) is 17.6 Å². The van der Waals surface area contributed by atoms with Gasteiger partial charge >= 0.3 is 5.97 Å². The molecule has 57 heavy (non-hydrogen) atoms. The standard InChI is InChI=1S/C37H45N13O7/c1-21(5-3-4-18-40-33(53)23-9-13-26(14-10-23)49-50-39)43-29(51)17-15-28(36(56)57)46-30(52)16-6-22(2)44-34(54)24-7-11-25(12-8-24)41-19-27-20-42-32-31(45-27)35(55)48-37(38)47-32/h7-14,20-22,28,41H,3-6,15-19H2,1-2H3,(H,40,53)(H,43,51)(H,44,54)(H,46,52)(H,56,57)(H3,38,42,47,48,55)/t21-,22-,28?/m1/s1. The van der Waals surface area contributed by atoms with Gasteiger partial charge in [0.1, 0.15) is 6.04 Å². The Balaban J connectivity index is 1.09. The molecule has 0 saturated heterocycles. The molecule has 2 heterocycles. The van der Waals surface area contributed by atoms with Gasteiger partial charge in [0.2, 0.25) is 23.6 Å². The number of aliphatic carboxylic acids is 1. The Morgan fingerprint density at radius 1 is 0.825 bits per heavy atom. The molecule has 0 aliphatic heterocycles. The lowest BCUT2D eigenvalue weighted by molar-refractivity contribution is -0.142. The monoisotopic (exact) mass is 783 g/mol. The SMILES string of the molecule is C[C@H](CCCCNC(=O)c1ccc(N=[N+]=[N-])cc1)NC(=O)CCC(NC(=O)CC[C@@H](C)NC(=O)c1ccc(NCc2cnc3nc(N)nc(O)c3n2)cc1)C(=O)O. The molecule has 1 unspecified atom stereocenters. The van der Waals surface area contributed by atoms with E-state index in [0.29, 0.717) is 47.6 Å². The van der Waals surface area contributed by atoms with Gasteiger partial charge in [0.25, 0.3) is 11.8 Å². The van der Waals surface area contributed by atoms with E-state index in [1.54, 1.807) is 55.5 Å². The van der Waals surface area contributed by atoms with Crippen molar-refractivity contribution in [2.24, 2.45) is 5.11 Å². The third kappa shape index (κ3) is 13.9. The number of nitrogens with two attached hydrogens (primary N) is 1. The molecule has 0 aliphatic carbocycles. The Labute approximate surface area is 327 Å². The molecule has 20 heteroatoms. The van der Waals surface area contributed by atoms with E-state index in [1.165, 1.54) is 6.20 Å². The number of hydrogen-bond donors (Lipinski definition) is 8. The molecule has 2 aromatic heterocycles. The number of aromatic nitrogens is 4. The molecule has 4 rings (SSSR count). The summed E-state index contributed by atoms with van der Waals surface area (Å²) in [7, 11) is 0. The Morgan fingerprint density at radius 3 is 2.18 bits per heavy atom. The van der Waals surface area contributed by atoms with Crippen molar-refractivity contribution >= 4 is 58.1 Å². The van der Waals surface area contributed by atoms with Crippen molar-refractivity contribution in [1.29, 1.82) is 0 Å². The maximum atomic E-state index is 12.8. The third-order valence-corrected chi connectivity index (χ3v) is 8.60. The van der Waals surface area contributed by atoms with Crippen LogP contribution in [0.2, 0.25) is 0 Å². The zero-order valence-electron chi connectivity index (χ0n) is 31.4. The number of carbonyl (C=O) groups is 5. The van der Waals surface area contributed by atoms with E-state index in [4.69, 9.17) is 11.3 Å². The lowest BCUT2D eigenvalue weighted by Crippen LogP contribution is -2.42. The maximum Gasteiger partial charge on any atom is 0.326 e.